The van der Waals surface area contributed by atoms with Gasteiger partial charge < -0.3 is 19.9 Å². The largest absolute Gasteiger partial charge is 0.481 e. The van der Waals surface area contributed by atoms with Crippen molar-refractivity contribution in [2.24, 2.45) is 0 Å². The van der Waals surface area contributed by atoms with Crippen LogP contribution in [-0.4, -0.2) is 40.9 Å². The average molecular weight is 317 g/mol. The number of carbonyl (C=O) groups is 3. The highest BCUT2D eigenvalue weighted by atomic mass is 16.6. The topological polar surface area (TPSA) is 102 Å². The summed E-state index contributed by atoms with van der Waals surface area (Å²) in [4.78, 5) is 34.9. The second-order valence-electron chi connectivity index (χ2n) is 6.03. The van der Waals surface area contributed by atoms with Crippen LogP contribution in [-0.2, 0) is 19.1 Å². The summed E-state index contributed by atoms with van der Waals surface area (Å²) in [5.41, 5.74) is -1.97. The third kappa shape index (κ3) is 7.28. The van der Waals surface area contributed by atoms with E-state index in [0.29, 0.717) is 0 Å². The number of carboxylic acid groups (broad SMARTS) is 1. The molecule has 7 nitrogen and oxygen atoms in total. The number of esters is 1. The highest BCUT2D eigenvalue weighted by molar-refractivity contribution is 5.86. The van der Waals surface area contributed by atoms with Gasteiger partial charge >= 0.3 is 18.0 Å². The SMILES string of the molecule is CCOC(=O)[C@@](CC)(CCCC(=O)O)NC(=O)OC(C)(C)C. The van der Waals surface area contributed by atoms with Gasteiger partial charge in [0, 0.05) is 6.42 Å². The van der Waals surface area contributed by atoms with Gasteiger partial charge in [0.1, 0.15) is 11.1 Å². The van der Waals surface area contributed by atoms with Crippen molar-refractivity contribution in [3.63, 3.8) is 0 Å². The number of aliphatic carboxylic acids is 1. The minimum Gasteiger partial charge on any atom is -0.481 e. The average Bonchev–Trinajstić information content (AvgIpc) is 2.35. The van der Waals surface area contributed by atoms with Gasteiger partial charge in [-0.2, -0.15) is 0 Å². The van der Waals surface area contributed by atoms with Gasteiger partial charge in [0.2, 0.25) is 0 Å². The maximum Gasteiger partial charge on any atom is 0.408 e. The van der Waals surface area contributed by atoms with Crippen LogP contribution in [0.2, 0.25) is 0 Å². The minimum atomic E-state index is -1.27. The summed E-state index contributed by atoms with van der Waals surface area (Å²) in [7, 11) is 0. The van der Waals surface area contributed by atoms with Gasteiger partial charge in [0.25, 0.3) is 0 Å². The normalized spacial score (nSPS) is 13.9. The minimum absolute atomic E-state index is 0.0862. The Balaban J connectivity index is 5.07. The number of carbonyl (C=O) groups excluding carboxylic acids is 2. The second kappa shape index (κ2) is 8.60. The Morgan fingerprint density at radius 2 is 1.73 bits per heavy atom. The smallest absolute Gasteiger partial charge is 0.408 e. The summed E-state index contributed by atoms with van der Waals surface area (Å²) in [6, 6.07) is 0. The first-order valence-electron chi connectivity index (χ1n) is 7.46. The van der Waals surface area contributed by atoms with Crippen LogP contribution < -0.4 is 5.32 Å². The highest BCUT2D eigenvalue weighted by Gasteiger charge is 2.40. The molecule has 0 saturated heterocycles. The van der Waals surface area contributed by atoms with Crippen LogP contribution in [0.4, 0.5) is 4.79 Å². The Morgan fingerprint density at radius 3 is 2.14 bits per heavy atom. The molecule has 0 heterocycles. The Kier molecular flexibility index (Phi) is 7.90. The van der Waals surface area contributed by atoms with Gasteiger partial charge in [-0.3, -0.25) is 4.79 Å². The molecule has 1 atom stereocenters. The predicted octanol–water partition coefficient (Wildman–Crippen LogP) is 2.48. The van der Waals surface area contributed by atoms with Crippen LogP contribution in [0.25, 0.3) is 0 Å². The van der Waals surface area contributed by atoms with E-state index in [1.54, 1.807) is 34.6 Å². The molecule has 0 unspecified atom stereocenters. The Bertz CT molecular complexity index is 401. The quantitative estimate of drug-likeness (QED) is 0.667. The summed E-state index contributed by atoms with van der Waals surface area (Å²) >= 11 is 0. The number of ether oxygens (including phenoxy) is 2. The van der Waals surface area contributed by atoms with E-state index in [-0.39, 0.29) is 32.3 Å². The van der Waals surface area contributed by atoms with Gasteiger partial charge in [-0.05, 0) is 47.0 Å². The van der Waals surface area contributed by atoms with Crippen molar-refractivity contribution in [2.45, 2.75) is 71.4 Å². The molecule has 0 saturated carbocycles. The zero-order chi connectivity index (χ0) is 17.4. The molecule has 128 valence electrons. The van der Waals surface area contributed by atoms with Crippen molar-refractivity contribution in [1.29, 1.82) is 0 Å². The zero-order valence-electron chi connectivity index (χ0n) is 14.0. The third-order valence-corrected chi connectivity index (χ3v) is 3.00. The molecule has 0 aromatic carbocycles. The molecule has 0 radical (unpaired) electrons. The van der Waals surface area contributed by atoms with Gasteiger partial charge in [0.05, 0.1) is 6.61 Å². The van der Waals surface area contributed by atoms with Crippen LogP contribution in [0.1, 0.15) is 60.3 Å². The summed E-state index contributed by atoms with van der Waals surface area (Å²) in [5, 5.41) is 11.3. The molecule has 0 aliphatic heterocycles. The van der Waals surface area contributed by atoms with E-state index in [0.717, 1.165) is 0 Å². The number of hydrogen-bond acceptors (Lipinski definition) is 5. The molecular formula is C15H27NO6. The second-order valence-corrected chi connectivity index (χ2v) is 6.03. The molecule has 0 aromatic rings. The van der Waals surface area contributed by atoms with Crippen LogP contribution in [0.3, 0.4) is 0 Å². The van der Waals surface area contributed by atoms with Crippen LogP contribution in [0.5, 0.6) is 0 Å². The lowest BCUT2D eigenvalue weighted by Gasteiger charge is -2.32. The van der Waals surface area contributed by atoms with E-state index in [4.69, 9.17) is 14.6 Å². The number of rotatable bonds is 8. The first-order valence-corrected chi connectivity index (χ1v) is 7.46. The van der Waals surface area contributed by atoms with Crippen molar-refractivity contribution >= 4 is 18.0 Å². The van der Waals surface area contributed by atoms with Crippen molar-refractivity contribution in [3.05, 3.63) is 0 Å². The van der Waals surface area contributed by atoms with E-state index >= 15 is 0 Å². The molecular weight excluding hydrogens is 290 g/mol. The molecule has 0 aliphatic carbocycles. The Hall–Kier alpha value is -1.79. The van der Waals surface area contributed by atoms with E-state index in [9.17, 15) is 14.4 Å². The lowest BCUT2D eigenvalue weighted by molar-refractivity contribution is -0.152. The number of alkyl carbamates (subject to hydrolysis) is 1. The summed E-state index contributed by atoms with van der Waals surface area (Å²) in [6.07, 6.45) is -0.106. The first-order chi connectivity index (χ1) is 10.1. The van der Waals surface area contributed by atoms with E-state index < -0.39 is 29.2 Å². The Morgan fingerprint density at radius 1 is 1.14 bits per heavy atom. The molecule has 0 fully saturated rings. The van der Waals surface area contributed by atoms with Crippen LogP contribution in [0, 0.1) is 0 Å². The fraction of sp³-hybridized carbons (Fsp3) is 0.800. The van der Waals surface area contributed by atoms with Crippen LogP contribution >= 0.6 is 0 Å². The summed E-state index contributed by atoms with van der Waals surface area (Å²) < 4.78 is 10.2. The van der Waals surface area contributed by atoms with Crippen LogP contribution in [0.15, 0.2) is 0 Å². The lowest BCUT2D eigenvalue weighted by Crippen LogP contribution is -2.56. The predicted molar refractivity (Wildman–Crippen MR) is 80.5 cm³/mol. The number of carboxylic acids is 1. The highest BCUT2D eigenvalue weighted by Crippen LogP contribution is 2.22. The fourth-order valence-electron chi connectivity index (χ4n) is 1.93. The monoisotopic (exact) mass is 317 g/mol. The molecule has 2 N–H and O–H groups in total. The number of nitrogens with one attached hydrogen (secondary N) is 1. The molecule has 1 amide bonds. The van der Waals surface area contributed by atoms with Gasteiger partial charge in [-0.25, -0.2) is 9.59 Å². The maximum absolute atomic E-state index is 12.2. The Labute approximate surface area is 131 Å². The number of amides is 1. The van der Waals surface area contributed by atoms with Crippen molar-refractivity contribution < 1.29 is 29.0 Å². The standard InChI is InChI=1S/C15H27NO6/c1-6-15(12(19)21-7-2,10-8-9-11(17)18)16-13(20)22-14(3,4)5/h6-10H2,1-5H3,(H,16,20)(H,17,18)/t15-/m1/s1. The maximum atomic E-state index is 12.2. The molecule has 22 heavy (non-hydrogen) atoms. The van der Waals surface area contributed by atoms with E-state index in [1.165, 1.54) is 0 Å². The van der Waals surface area contributed by atoms with Crippen molar-refractivity contribution in [3.8, 4) is 0 Å². The zero-order valence-corrected chi connectivity index (χ0v) is 14.0. The van der Waals surface area contributed by atoms with Crippen molar-refractivity contribution in [1.82, 2.24) is 5.32 Å². The fourth-order valence-corrected chi connectivity index (χ4v) is 1.93. The summed E-state index contributed by atoms with van der Waals surface area (Å²) in [6.45, 7) is 8.73. The van der Waals surface area contributed by atoms with Gasteiger partial charge in [-0.15, -0.1) is 0 Å². The molecule has 0 aromatic heterocycles. The van der Waals surface area contributed by atoms with Crippen molar-refractivity contribution in [2.75, 3.05) is 6.61 Å². The third-order valence-electron chi connectivity index (χ3n) is 3.00. The molecule has 0 spiro atoms. The number of hydrogen-bond donors (Lipinski definition) is 2. The summed E-state index contributed by atoms with van der Waals surface area (Å²) in [5.74, 6) is -1.53. The molecule has 0 bridgehead atoms. The van der Waals surface area contributed by atoms with E-state index in [2.05, 4.69) is 5.32 Å². The van der Waals surface area contributed by atoms with Gasteiger partial charge in [-0.1, -0.05) is 6.92 Å². The van der Waals surface area contributed by atoms with E-state index in [1.807, 2.05) is 0 Å². The first kappa shape index (κ1) is 20.2. The molecule has 0 rings (SSSR count). The van der Waals surface area contributed by atoms with Gasteiger partial charge in [0.15, 0.2) is 0 Å². The molecule has 0 aliphatic rings. The lowest BCUT2D eigenvalue weighted by atomic mass is 9.89. The molecule has 7 heteroatoms.